The van der Waals surface area contributed by atoms with Gasteiger partial charge in [0.05, 0.1) is 17.4 Å². The number of carbonyl (C=O) groups excluding carboxylic acids is 1. The summed E-state index contributed by atoms with van der Waals surface area (Å²) in [6, 6.07) is 17.5. The van der Waals surface area contributed by atoms with Gasteiger partial charge in [-0.15, -0.1) is 0 Å². The van der Waals surface area contributed by atoms with Crippen LogP contribution >= 0.6 is 0 Å². The number of nitrogens with zero attached hydrogens (tertiary/aromatic N) is 1. The van der Waals surface area contributed by atoms with Crippen molar-refractivity contribution in [3.63, 3.8) is 0 Å². The predicted molar refractivity (Wildman–Crippen MR) is 99.9 cm³/mol. The van der Waals surface area contributed by atoms with Gasteiger partial charge >= 0.3 is 12.1 Å². The Kier molecular flexibility index (Phi) is 4.30. The minimum Gasteiger partial charge on any atom is -0.478 e. The smallest absolute Gasteiger partial charge is 0.411 e. The molecule has 0 aliphatic heterocycles. The molecular formula is C21H16N2O4. The third-order valence-electron chi connectivity index (χ3n) is 4.58. The van der Waals surface area contributed by atoms with Crippen LogP contribution in [-0.2, 0) is 4.74 Å². The number of fused-ring (bicyclic) bond motifs is 3. The Morgan fingerprint density at radius 3 is 2.26 bits per heavy atom. The summed E-state index contributed by atoms with van der Waals surface area (Å²) in [6.07, 6.45) is 1.93. The van der Waals surface area contributed by atoms with Crippen LogP contribution in [-0.4, -0.2) is 28.8 Å². The first-order chi connectivity index (χ1) is 13.1. The van der Waals surface area contributed by atoms with Gasteiger partial charge in [0.15, 0.2) is 0 Å². The van der Waals surface area contributed by atoms with Gasteiger partial charge in [-0.05, 0) is 28.3 Å². The van der Waals surface area contributed by atoms with Gasteiger partial charge in [-0.1, -0.05) is 48.5 Å². The molecule has 0 fully saturated rings. The van der Waals surface area contributed by atoms with Crippen LogP contribution in [0.4, 0.5) is 10.5 Å². The van der Waals surface area contributed by atoms with E-state index in [-0.39, 0.29) is 23.8 Å². The fraction of sp³-hybridized carbons (Fsp3) is 0.0952. The minimum absolute atomic E-state index is 0.00792. The van der Waals surface area contributed by atoms with Gasteiger partial charge < -0.3 is 9.84 Å². The highest BCUT2D eigenvalue weighted by Crippen LogP contribution is 2.44. The van der Waals surface area contributed by atoms with Crippen molar-refractivity contribution in [1.29, 1.82) is 0 Å². The zero-order valence-corrected chi connectivity index (χ0v) is 14.3. The first kappa shape index (κ1) is 16.8. The SMILES string of the molecule is O=C(Nc1cncc(C(=O)O)c1)OCC1c2ccccc2-c2ccccc21. The fourth-order valence-electron chi connectivity index (χ4n) is 3.38. The van der Waals surface area contributed by atoms with E-state index in [0.29, 0.717) is 0 Å². The first-order valence-corrected chi connectivity index (χ1v) is 8.44. The summed E-state index contributed by atoms with van der Waals surface area (Å²) < 4.78 is 5.42. The van der Waals surface area contributed by atoms with Crippen LogP contribution in [0.1, 0.15) is 27.4 Å². The van der Waals surface area contributed by atoms with Crippen molar-refractivity contribution >= 4 is 17.7 Å². The number of nitrogens with one attached hydrogen (secondary N) is 1. The molecule has 6 heteroatoms. The number of carbonyl (C=O) groups is 2. The molecule has 0 bridgehead atoms. The second-order valence-electron chi connectivity index (χ2n) is 6.22. The Bertz CT molecular complexity index is 986. The Morgan fingerprint density at radius 1 is 1.00 bits per heavy atom. The van der Waals surface area contributed by atoms with Gasteiger partial charge in [0.2, 0.25) is 0 Å². The summed E-state index contributed by atoms with van der Waals surface area (Å²) in [5.41, 5.74) is 4.82. The van der Waals surface area contributed by atoms with Crippen LogP contribution in [0, 0.1) is 0 Å². The Morgan fingerprint density at radius 2 is 1.63 bits per heavy atom. The molecule has 1 aromatic heterocycles. The molecule has 0 unspecified atom stereocenters. The molecule has 0 atom stereocenters. The second kappa shape index (κ2) is 6.92. The lowest BCUT2D eigenvalue weighted by Crippen LogP contribution is -2.18. The highest BCUT2D eigenvalue weighted by atomic mass is 16.5. The third-order valence-corrected chi connectivity index (χ3v) is 4.58. The van der Waals surface area contributed by atoms with Crippen LogP contribution in [0.3, 0.4) is 0 Å². The molecule has 2 N–H and O–H groups in total. The van der Waals surface area contributed by atoms with Gasteiger partial charge in [0, 0.05) is 12.1 Å². The first-order valence-electron chi connectivity index (χ1n) is 8.44. The van der Waals surface area contributed by atoms with Gasteiger partial charge in [0.1, 0.15) is 6.61 Å². The zero-order chi connectivity index (χ0) is 18.8. The fourth-order valence-corrected chi connectivity index (χ4v) is 3.38. The molecule has 1 aliphatic rings. The van der Waals surface area contributed by atoms with E-state index in [0.717, 1.165) is 22.3 Å². The van der Waals surface area contributed by atoms with Crippen molar-refractivity contribution < 1.29 is 19.4 Å². The number of amides is 1. The number of carboxylic acid groups (broad SMARTS) is 1. The van der Waals surface area contributed by atoms with Gasteiger partial charge in [-0.25, -0.2) is 9.59 Å². The van der Waals surface area contributed by atoms with Gasteiger partial charge in [-0.2, -0.15) is 0 Å². The number of benzene rings is 2. The molecule has 1 aliphatic carbocycles. The average Bonchev–Trinajstić information content (AvgIpc) is 3.00. The maximum atomic E-state index is 12.2. The summed E-state index contributed by atoms with van der Waals surface area (Å²) in [5, 5.41) is 11.5. The van der Waals surface area contributed by atoms with Crippen molar-refractivity contribution in [1.82, 2.24) is 4.98 Å². The molecule has 0 saturated heterocycles. The van der Waals surface area contributed by atoms with Crippen molar-refractivity contribution in [3.8, 4) is 11.1 Å². The molecular weight excluding hydrogens is 344 g/mol. The number of pyridine rings is 1. The van der Waals surface area contributed by atoms with E-state index in [1.165, 1.54) is 18.5 Å². The highest BCUT2D eigenvalue weighted by molar-refractivity contribution is 5.90. The molecule has 2 aromatic carbocycles. The summed E-state index contributed by atoms with van der Waals surface area (Å²) in [4.78, 5) is 27.0. The number of aromatic carboxylic acids is 1. The quantitative estimate of drug-likeness (QED) is 0.730. The standard InChI is InChI=1S/C21H16N2O4/c24-20(25)13-9-14(11-22-10-13)23-21(26)27-12-19-17-7-3-1-5-15(17)16-6-2-4-8-18(16)19/h1-11,19H,12H2,(H,23,26)(H,24,25). The summed E-state index contributed by atoms with van der Waals surface area (Å²) in [7, 11) is 0. The minimum atomic E-state index is -1.11. The zero-order valence-electron chi connectivity index (χ0n) is 14.3. The van der Waals surface area contributed by atoms with Crippen LogP contribution in [0.5, 0.6) is 0 Å². The van der Waals surface area contributed by atoms with E-state index in [2.05, 4.69) is 22.4 Å². The van der Waals surface area contributed by atoms with E-state index >= 15 is 0 Å². The average molecular weight is 360 g/mol. The number of aromatic nitrogens is 1. The van der Waals surface area contributed by atoms with Crippen molar-refractivity contribution in [2.45, 2.75) is 5.92 Å². The molecule has 1 heterocycles. The molecule has 0 saturated carbocycles. The summed E-state index contributed by atoms with van der Waals surface area (Å²) in [5.74, 6) is -1.15. The number of anilines is 1. The van der Waals surface area contributed by atoms with E-state index in [4.69, 9.17) is 9.84 Å². The lowest BCUT2D eigenvalue weighted by atomic mass is 9.98. The van der Waals surface area contributed by atoms with Gasteiger partial charge in [-0.3, -0.25) is 10.3 Å². The van der Waals surface area contributed by atoms with Gasteiger partial charge in [0.25, 0.3) is 0 Å². The number of hydrogen-bond acceptors (Lipinski definition) is 4. The molecule has 0 radical (unpaired) electrons. The number of ether oxygens (including phenoxy) is 1. The lowest BCUT2D eigenvalue weighted by molar-refractivity contribution is 0.0696. The van der Waals surface area contributed by atoms with Crippen molar-refractivity contribution in [2.24, 2.45) is 0 Å². The molecule has 1 amide bonds. The van der Waals surface area contributed by atoms with Crippen LogP contribution < -0.4 is 5.32 Å². The second-order valence-corrected chi connectivity index (χ2v) is 6.22. The third kappa shape index (κ3) is 3.25. The Balaban J connectivity index is 1.48. The Hall–Kier alpha value is -3.67. The highest BCUT2D eigenvalue weighted by Gasteiger charge is 2.29. The monoisotopic (exact) mass is 360 g/mol. The normalized spacial score (nSPS) is 12.1. The molecule has 4 rings (SSSR count). The summed E-state index contributed by atoms with van der Waals surface area (Å²) in [6.45, 7) is 0.186. The van der Waals surface area contributed by atoms with Crippen LogP contribution in [0.15, 0.2) is 67.0 Å². The number of rotatable bonds is 4. The number of carboxylic acids is 1. The van der Waals surface area contributed by atoms with Crippen LogP contribution in [0.25, 0.3) is 11.1 Å². The van der Waals surface area contributed by atoms with Crippen molar-refractivity contribution in [3.05, 3.63) is 83.7 Å². The van der Waals surface area contributed by atoms with E-state index in [1.54, 1.807) is 0 Å². The van der Waals surface area contributed by atoms with E-state index in [1.807, 2.05) is 36.4 Å². The van der Waals surface area contributed by atoms with E-state index < -0.39 is 12.1 Å². The molecule has 6 nitrogen and oxygen atoms in total. The largest absolute Gasteiger partial charge is 0.478 e. The predicted octanol–water partition coefficient (Wildman–Crippen LogP) is 4.14. The molecule has 3 aromatic rings. The van der Waals surface area contributed by atoms with Crippen molar-refractivity contribution in [2.75, 3.05) is 11.9 Å². The summed E-state index contributed by atoms with van der Waals surface area (Å²) >= 11 is 0. The molecule has 0 spiro atoms. The van der Waals surface area contributed by atoms with E-state index in [9.17, 15) is 9.59 Å². The molecule has 134 valence electrons. The maximum absolute atomic E-state index is 12.2. The lowest BCUT2D eigenvalue weighted by Gasteiger charge is -2.14. The molecule has 27 heavy (non-hydrogen) atoms. The topological polar surface area (TPSA) is 88.5 Å². The number of hydrogen-bond donors (Lipinski definition) is 2. The maximum Gasteiger partial charge on any atom is 0.411 e. The Labute approximate surface area is 155 Å². The van der Waals surface area contributed by atoms with Crippen LogP contribution in [0.2, 0.25) is 0 Å².